The molecule has 0 spiro atoms. The summed E-state index contributed by atoms with van der Waals surface area (Å²) in [7, 11) is 0. The normalized spacial score (nSPS) is 10.1. The molecule has 1 N–H and O–H groups in total. The number of halogens is 1. The molecule has 102 valence electrons. The average Bonchev–Trinajstić information content (AvgIpc) is 2.46. The van der Waals surface area contributed by atoms with Crippen LogP contribution in [-0.2, 0) is 4.79 Å². The van der Waals surface area contributed by atoms with E-state index in [0.29, 0.717) is 11.3 Å². The molecule has 0 bridgehead atoms. The Morgan fingerprint density at radius 2 is 1.85 bits per heavy atom. The minimum Gasteiger partial charge on any atom is -0.325 e. The average molecular weight is 272 g/mol. The fourth-order valence-electron chi connectivity index (χ4n) is 1.67. The highest BCUT2D eigenvalue weighted by Gasteiger charge is 2.09. The fourth-order valence-corrected chi connectivity index (χ4v) is 1.67. The van der Waals surface area contributed by atoms with Gasteiger partial charge in [0.15, 0.2) is 5.78 Å². The fraction of sp³-hybridized carbons (Fsp3) is 0.133. The molecule has 20 heavy (non-hydrogen) atoms. The number of amides is 1. The molecule has 2 rings (SSSR count). The number of rotatable bonds is 5. The van der Waals surface area contributed by atoms with E-state index in [1.54, 1.807) is 18.3 Å². The van der Waals surface area contributed by atoms with Gasteiger partial charge >= 0.3 is 0 Å². The molecular weight excluding hydrogens is 259 g/mol. The van der Waals surface area contributed by atoms with Crippen molar-refractivity contribution in [1.82, 2.24) is 4.98 Å². The number of aromatic nitrogens is 1. The minimum atomic E-state index is -0.393. The molecule has 0 saturated carbocycles. The van der Waals surface area contributed by atoms with Gasteiger partial charge in [-0.1, -0.05) is 0 Å². The van der Waals surface area contributed by atoms with Crippen LogP contribution in [0.15, 0.2) is 48.8 Å². The van der Waals surface area contributed by atoms with Crippen molar-refractivity contribution >= 4 is 17.4 Å². The predicted molar refractivity (Wildman–Crippen MR) is 72.8 cm³/mol. The minimum absolute atomic E-state index is 0.0745. The Morgan fingerprint density at radius 3 is 2.50 bits per heavy atom. The second-order valence-corrected chi connectivity index (χ2v) is 4.22. The SMILES string of the molecule is O=C(CCC(=O)c1ccc(F)cc1)Nc1cccnc1. The smallest absolute Gasteiger partial charge is 0.224 e. The number of nitrogens with one attached hydrogen (secondary N) is 1. The standard InChI is InChI=1S/C15H13FN2O2/c16-12-5-3-11(4-6-12)14(19)7-8-15(20)18-13-2-1-9-17-10-13/h1-6,9-10H,7-8H2,(H,18,20). The van der Waals surface area contributed by atoms with Gasteiger partial charge in [-0.15, -0.1) is 0 Å². The van der Waals surface area contributed by atoms with Gasteiger partial charge in [0.1, 0.15) is 5.82 Å². The quantitative estimate of drug-likeness (QED) is 0.851. The summed E-state index contributed by atoms with van der Waals surface area (Å²) in [6.45, 7) is 0. The maximum absolute atomic E-state index is 12.7. The second-order valence-electron chi connectivity index (χ2n) is 4.22. The second kappa shape index (κ2) is 6.56. The zero-order valence-electron chi connectivity index (χ0n) is 10.7. The first kappa shape index (κ1) is 13.9. The van der Waals surface area contributed by atoms with Crippen LogP contribution < -0.4 is 5.32 Å². The summed E-state index contributed by atoms with van der Waals surface area (Å²) < 4.78 is 12.7. The highest BCUT2D eigenvalue weighted by molar-refractivity contribution is 5.99. The molecule has 0 aliphatic heterocycles. The predicted octanol–water partition coefficient (Wildman–Crippen LogP) is 2.82. The van der Waals surface area contributed by atoms with Gasteiger partial charge in [0.05, 0.1) is 11.9 Å². The molecule has 0 saturated heterocycles. The summed E-state index contributed by atoms with van der Waals surface area (Å²) in [5, 5.41) is 2.64. The number of nitrogens with zero attached hydrogens (tertiary/aromatic N) is 1. The Bertz CT molecular complexity index is 597. The van der Waals surface area contributed by atoms with E-state index in [0.717, 1.165) is 0 Å². The molecular formula is C15H13FN2O2. The first-order chi connectivity index (χ1) is 9.65. The Kier molecular flexibility index (Phi) is 4.55. The lowest BCUT2D eigenvalue weighted by Gasteiger charge is -2.04. The number of hydrogen-bond acceptors (Lipinski definition) is 3. The number of hydrogen-bond donors (Lipinski definition) is 1. The van der Waals surface area contributed by atoms with Gasteiger partial charge in [0.2, 0.25) is 5.91 Å². The van der Waals surface area contributed by atoms with Gasteiger partial charge in [0, 0.05) is 24.6 Å². The van der Waals surface area contributed by atoms with E-state index < -0.39 is 5.82 Å². The van der Waals surface area contributed by atoms with Crippen LogP contribution in [0.2, 0.25) is 0 Å². The lowest BCUT2D eigenvalue weighted by atomic mass is 10.1. The molecule has 0 aliphatic rings. The van der Waals surface area contributed by atoms with E-state index >= 15 is 0 Å². The van der Waals surface area contributed by atoms with Gasteiger partial charge in [-0.25, -0.2) is 4.39 Å². The zero-order chi connectivity index (χ0) is 14.4. The monoisotopic (exact) mass is 272 g/mol. The summed E-state index contributed by atoms with van der Waals surface area (Å²) in [4.78, 5) is 27.3. The van der Waals surface area contributed by atoms with Crippen molar-refractivity contribution in [1.29, 1.82) is 0 Å². The topological polar surface area (TPSA) is 59.1 Å². The molecule has 0 atom stereocenters. The Labute approximate surface area is 115 Å². The van der Waals surface area contributed by atoms with Crippen LogP contribution in [0.25, 0.3) is 0 Å². The van der Waals surface area contributed by atoms with Crippen LogP contribution >= 0.6 is 0 Å². The molecule has 1 aromatic carbocycles. The van der Waals surface area contributed by atoms with Gasteiger partial charge in [0.25, 0.3) is 0 Å². The highest BCUT2D eigenvalue weighted by Crippen LogP contribution is 2.09. The summed E-state index contributed by atoms with van der Waals surface area (Å²) in [5.74, 6) is -0.837. The van der Waals surface area contributed by atoms with Crippen molar-refractivity contribution < 1.29 is 14.0 Å². The summed E-state index contributed by atoms with van der Waals surface area (Å²) in [6.07, 6.45) is 3.29. The van der Waals surface area contributed by atoms with Crippen LogP contribution in [-0.4, -0.2) is 16.7 Å². The lowest BCUT2D eigenvalue weighted by Crippen LogP contribution is -2.13. The third-order valence-electron chi connectivity index (χ3n) is 2.69. The van der Waals surface area contributed by atoms with E-state index in [-0.39, 0.29) is 24.5 Å². The number of ketones is 1. The molecule has 1 heterocycles. The molecule has 2 aromatic rings. The summed E-state index contributed by atoms with van der Waals surface area (Å²) >= 11 is 0. The van der Waals surface area contributed by atoms with E-state index in [4.69, 9.17) is 0 Å². The maximum Gasteiger partial charge on any atom is 0.224 e. The zero-order valence-corrected chi connectivity index (χ0v) is 10.7. The largest absolute Gasteiger partial charge is 0.325 e. The van der Waals surface area contributed by atoms with Crippen molar-refractivity contribution in [2.45, 2.75) is 12.8 Å². The lowest BCUT2D eigenvalue weighted by molar-refractivity contribution is -0.116. The molecule has 4 nitrogen and oxygen atoms in total. The van der Waals surface area contributed by atoms with Crippen molar-refractivity contribution in [2.75, 3.05) is 5.32 Å². The Morgan fingerprint density at radius 1 is 1.10 bits per heavy atom. The highest BCUT2D eigenvalue weighted by atomic mass is 19.1. The summed E-state index contributed by atoms with van der Waals surface area (Å²) in [6, 6.07) is 8.70. The van der Waals surface area contributed by atoms with Crippen molar-refractivity contribution in [2.24, 2.45) is 0 Å². The number of pyridine rings is 1. The molecule has 0 unspecified atom stereocenters. The third-order valence-corrected chi connectivity index (χ3v) is 2.69. The van der Waals surface area contributed by atoms with Crippen LogP contribution in [0.4, 0.5) is 10.1 Å². The van der Waals surface area contributed by atoms with E-state index in [1.807, 2.05) is 0 Å². The third kappa shape index (κ3) is 3.98. The van der Waals surface area contributed by atoms with E-state index in [2.05, 4.69) is 10.3 Å². The maximum atomic E-state index is 12.7. The first-order valence-electron chi connectivity index (χ1n) is 6.14. The Hall–Kier alpha value is -2.56. The number of benzene rings is 1. The molecule has 0 aliphatic carbocycles. The van der Waals surface area contributed by atoms with Gasteiger partial charge in [-0.3, -0.25) is 14.6 Å². The van der Waals surface area contributed by atoms with Gasteiger partial charge in [-0.2, -0.15) is 0 Å². The van der Waals surface area contributed by atoms with Crippen molar-refractivity contribution in [3.05, 3.63) is 60.2 Å². The molecule has 5 heteroatoms. The van der Waals surface area contributed by atoms with Crippen molar-refractivity contribution in [3.63, 3.8) is 0 Å². The number of carbonyl (C=O) groups excluding carboxylic acids is 2. The van der Waals surface area contributed by atoms with Crippen LogP contribution in [0.5, 0.6) is 0 Å². The molecule has 1 amide bonds. The number of carbonyl (C=O) groups is 2. The molecule has 1 aromatic heterocycles. The van der Waals surface area contributed by atoms with Crippen LogP contribution in [0.3, 0.4) is 0 Å². The summed E-state index contributed by atoms with van der Waals surface area (Å²) in [5.41, 5.74) is 0.993. The first-order valence-corrected chi connectivity index (χ1v) is 6.14. The van der Waals surface area contributed by atoms with E-state index in [1.165, 1.54) is 30.5 Å². The Balaban J connectivity index is 1.84. The number of Topliss-reactive ketones (excluding diaryl/α,β-unsaturated/α-hetero) is 1. The molecule has 0 fully saturated rings. The van der Waals surface area contributed by atoms with E-state index in [9.17, 15) is 14.0 Å². The van der Waals surface area contributed by atoms with Crippen molar-refractivity contribution in [3.8, 4) is 0 Å². The number of anilines is 1. The van der Waals surface area contributed by atoms with Crippen LogP contribution in [0.1, 0.15) is 23.2 Å². The van der Waals surface area contributed by atoms with Gasteiger partial charge < -0.3 is 5.32 Å². The molecule has 0 radical (unpaired) electrons. The van der Waals surface area contributed by atoms with Crippen LogP contribution in [0, 0.1) is 5.82 Å². The van der Waals surface area contributed by atoms with Gasteiger partial charge in [-0.05, 0) is 36.4 Å².